The Kier molecular flexibility index (Phi) is 3.17. The van der Waals surface area contributed by atoms with Crippen LogP contribution in [0.2, 0.25) is 0 Å². The second-order valence-electron chi connectivity index (χ2n) is 3.03. The van der Waals surface area contributed by atoms with E-state index in [4.69, 9.17) is 10.3 Å². The second-order valence-corrected chi connectivity index (χ2v) is 4.66. The lowest BCUT2D eigenvalue weighted by Gasteiger charge is -2.08. The molecular formula is C8H9NO6S. The number of sulfonamides is 1. The summed E-state index contributed by atoms with van der Waals surface area (Å²) in [7, 11) is -4.17. The van der Waals surface area contributed by atoms with Gasteiger partial charge in [0.15, 0.2) is 0 Å². The van der Waals surface area contributed by atoms with E-state index in [9.17, 15) is 18.3 Å². The minimum Gasteiger partial charge on any atom is -0.507 e. The summed E-state index contributed by atoms with van der Waals surface area (Å²) in [6.45, 7) is 1.36. The van der Waals surface area contributed by atoms with Gasteiger partial charge in [-0.05, 0) is 24.6 Å². The van der Waals surface area contributed by atoms with Gasteiger partial charge in [0.2, 0.25) is 0 Å². The number of phenols is 1. The van der Waals surface area contributed by atoms with Crippen LogP contribution in [-0.4, -0.2) is 29.8 Å². The van der Waals surface area contributed by atoms with Crippen molar-refractivity contribution in [2.45, 2.75) is 11.8 Å². The summed E-state index contributed by atoms with van der Waals surface area (Å²) in [5.41, 5.74) is -0.441. The van der Waals surface area contributed by atoms with Gasteiger partial charge >= 0.3 is 5.97 Å². The number of nitrogens with one attached hydrogen (secondary N) is 1. The first kappa shape index (κ1) is 12.4. The molecule has 88 valence electrons. The molecule has 7 nitrogen and oxygen atoms in total. The maximum Gasteiger partial charge on any atom is 0.339 e. The van der Waals surface area contributed by atoms with Crippen molar-refractivity contribution in [1.29, 1.82) is 0 Å². The number of aromatic hydroxyl groups is 1. The Morgan fingerprint density at radius 1 is 1.38 bits per heavy atom. The van der Waals surface area contributed by atoms with Gasteiger partial charge in [0.05, 0.1) is 4.90 Å². The van der Waals surface area contributed by atoms with Gasteiger partial charge in [0, 0.05) is 0 Å². The number of rotatable bonds is 3. The second kappa shape index (κ2) is 4.08. The third-order valence-electron chi connectivity index (χ3n) is 1.93. The van der Waals surface area contributed by atoms with Gasteiger partial charge < -0.3 is 15.4 Å². The first-order valence-electron chi connectivity index (χ1n) is 4.02. The van der Waals surface area contributed by atoms with E-state index in [0.29, 0.717) is 0 Å². The zero-order valence-electron chi connectivity index (χ0n) is 8.13. The summed E-state index contributed by atoms with van der Waals surface area (Å²) in [4.78, 5) is 11.3. The normalized spacial score (nSPS) is 11.4. The maximum atomic E-state index is 11.3. The molecule has 0 fully saturated rings. The molecule has 0 unspecified atom stereocenters. The molecule has 0 aliphatic heterocycles. The van der Waals surface area contributed by atoms with E-state index in [-0.39, 0.29) is 5.56 Å². The lowest BCUT2D eigenvalue weighted by Crippen LogP contribution is -2.20. The van der Waals surface area contributed by atoms with Gasteiger partial charge in [-0.1, -0.05) is 4.89 Å². The molecule has 0 bridgehead atoms. The predicted octanol–water partition coefficient (Wildman–Crippen LogP) is 0.0663. The minimum atomic E-state index is -4.17. The molecule has 1 rings (SSSR count). The van der Waals surface area contributed by atoms with Gasteiger partial charge in [-0.3, -0.25) is 0 Å². The molecule has 0 aromatic heterocycles. The summed E-state index contributed by atoms with van der Waals surface area (Å²) >= 11 is 0. The molecule has 0 heterocycles. The standard InChI is InChI=1S/C8H9NO6S/c1-4-2-6(10)5(8(11)12)3-7(4)16(14,15)9-13/h2-3,9-10,13H,1H3,(H,11,12). The number of carboxylic acid groups (broad SMARTS) is 1. The minimum absolute atomic E-state index is 0.115. The lowest BCUT2D eigenvalue weighted by atomic mass is 10.1. The molecule has 0 atom stereocenters. The summed E-state index contributed by atoms with van der Waals surface area (Å²) in [5, 5.41) is 26.4. The van der Waals surface area contributed by atoms with Crippen LogP contribution in [0, 0.1) is 6.92 Å². The number of aromatic carboxylic acids is 1. The van der Waals surface area contributed by atoms with Crippen molar-refractivity contribution in [3.8, 4) is 5.75 Å². The Labute approximate surface area is 91.0 Å². The number of aryl methyl sites for hydroxylation is 1. The zero-order valence-corrected chi connectivity index (χ0v) is 8.95. The number of hydrogen-bond acceptors (Lipinski definition) is 5. The zero-order chi connectivity index (χ0) is 12.5. The van der Waals surface area contributed by atoms with E-state index in [1.54, 1.807) is 0 Å². The highest BCUT2D eigenvalue weighted by Gasteiger charge is 2.20. The molecule has 8 heteroatoms. The smallest absolute Gasteiger partial charge is 0.339 e. The van der Waals surface area contributed by atoms with Crippen LogP contribution in [0.3, 0.4) is 0 Å². The molecule has 1 aromatic carbocycles. The fraction of sp³-hybridized carbons (Fsp3) is 0.125. The molecule has 4 N–H and O–H groups in total. The average molecular weight is 247 g/mol. The van der Waals surface area contributed by atoms with Crippen LogP contribution < -0.4 is 4.89 Å². The summed E-state index contributed by atoms with van der Waals surface area (Å²) in [6, 6.07) is 1.76. The Balaban J connectivity index is 3.55. The van der Waals surface area contributed by atoms with E-state index in [1.807, 2.05) is 0 Å². The van der Waals surface area contributed by atoms with Crippen LogP contribution in [0.4, 0.5) is 0 Å². The van der Waals surface area contributed by atoms with Crippen molar-refractivity contribution in [2.75, 3.05) is 0 Å². The first-order chi connectivity index (χ1) is 7.29. The van der Waals surface area contributed by atoms with Gasteiger partial charge in [0.1, 0.15) is 11.3 Å². The van der Waals surface area contributed by atoms with E-state index >= 15 is 0 Å². The SMILES string of the molecule is Cc1cc(O)c(C(=O)O)cc1S(=O)(=O)NO. The molecule has 0 aliphatic carbocycles. The van der Waals surface area contributed by atoms with Crippen LogP contribution >= 0.6 is 0 Å². The Morgan fingerprint density at radius 3 is 2.38 bits per heavy atom. The third-order valence-corrected chi connectivity index (χ3v) is 3.19. The van der Waals surface area contributed by atoms with Crippen molar-refractivity contribution in [2.24, 2.45) is 0 Å². The van der Waals surface area contributed by atoms with Crippen molar-refractivity contribution in [1.82, 2.24) is 4.89 Å². The van der Waals surface area contributed by atoms with E-state index < -0.39 is 32.2 Å². The molecule has 0 radical (unpaired) electrons. The highest BCUT2D eigenvalue weighted by atomic mass is 32.2. The fourth-order valence-electron chi connectivity index (χ4n) is 1.18. The quantitative estimate of drug-likeness (QED) is 0.560. The van der Waals surface area contributed by atoms with Gasteiger partial charge in [-0.25, -0.2) is 13.2 Å². The maximum absolute atomic E-state index is 11.3. The van der Waals surface area contributed by atoms with Crippen molar-refractivity contribution in [3.05, 3.63) is 23.3 Å². The van der Waals surface area contributed by atoms with Crippen LogP contribution in [0.5, 0.6) is 5.75 Å². The van der Waals surface area contributed by atoms with Crippen LogP contribution in [0.15, 0.2) is 17.0 Å². The topological polar surface area (TPSA) is 124 Å². The molecule has 0 saturated heterocycles. The molecule has 0 amide bonds. The first-order valence-corrected chi connectivity index (χ1v) is 5.50. The molecule has 0 aliphatic rings. The fourth-order valence-corrected chi connectivity index (χ4v) is 2.04. The Bertz CT molecular complexity index is 536. The molecule has 1 aromatic rings. The average Bonchev–Trinajstić information content (AvgIpc) is 2.16. The number of carboxylic acids is 1. The summed E-state index contributed by atoms with van der Waals surface area (Å²) in [5.74, 6) is -2.01. The van der Waals surface area contributed by atoms with E-state index in [0.717, 1.165) is 17.0 Å². The molecular weight excluding hydrogens is 238 g/mol. The third kappa shape index (κ3) is 2.13. The summed E-state index contributed by atoms with van der Waals surface area (Å²) < 4.78 is 22.5. The highest BCUT2D eigenvalue weighted by molar-refractivity contribution is 7.89. The van der Waals surface area contributed by atoms with Crippen LogP contribution in [0.25, 0.3) is 0 Å². The van der Waals surface area contributed by atoms with Crippen molar-refractivity contribution >= 4 is 16.0 Å². The van der Waals surface area contributed by atoms with E-state index in [2.05, 4.69) is 0 Å². The van der Waals surface area contributed by atoms with Gasteiger partial charge in [-0.2, -0.15) is 0 Å². The van der Waals surface area contributed by atoms with E-state index in [1.165, 1.54) is 6.92 Å². The molecule has 0 saturated carbocycles. The Hall–Kier alpha value is -1.64. The van der Waals surface area contributed by atoms with Crippen molar-refractivity contribution < 1.29 is 28.6 Å². The molecule has 0 spiro atoms. The van der Waals surface area contributed by atoms with Crippen molar-refractivity contribution in [3.63, 3.8) is 0 Å². The largest absolute Gasteiger partial charge is 0.507 e. The molecule has 16 heavy (non-hydrogen) atoms. The summed E-state index contributed by atoms with van der Waals surface area (Å²) in [6.07, 6.45) is 0. The van der Waals surface area contributed by atoms with Crippen LogP contribution in [0.1, 0.15) is 15.9 Å². The number of hydrogen-bond donors (Lipinski definition) is 4. The van der Waals surface area contributed by atoms with Gasteiger partial charge in [0.25, 0.3) is 10.0 Å². The Morgan fingerprint density at radius 2 is 1.94 bits per heavy atom. The van der Waals surface area contributed by atoms with Crippen LogP contribution in [-0.2, 0) is 10.0 Å². The highest BCUT2D eigenvalue weighted by Crippen LogP contribution is 2.25. The van der Waals surface area contributed by atoms with Gasteiger partial charge in [-0.15, -0.1) is 0 Å². The number of carbonyl (C=O) groups is 1. The lowest BCUT2D eigenvalue weighted by molar-refractivity contribution is 0.0693. The number of benzene rings is 1. The monoisotopic (exact) mass is 247 g/mol. The predicted molar refractivity (Wildman–Crippen MR) is 51.9 cm³/mol.